The number of ether oxygens (including phenoxy) is 1. The van der Waals surface area contributed by atoms with Crippen molar-refractivity contribution in [2.24, 2.45) is 0 Å². The average molecular weight is 485 g/mol. The van der Waals surface area contributed by atoms with Gasteiger partial charge in [-0.05, 0) is 44.4 Å². The second kappa shape index (κ2) is 11.4. The van der Waals surface area contributed by atoms with Crippen LogP contribution in [0.5, 0.6) is 5.75 Å². The molecule has 0 aliphatic carbocycles. The molecule has 1 heterocycles. The fraction of sp³-hybridized carbons (Fsp3) is 0.500. The van der Waals surface area contributed by atoms with Crippen molar-refractivity contribution in [2.75, 3.05) is 0 Å². The van der Waals surface area contributed by atoms with Gasteiger partial charge in [-0.25, -0.2) is 0 Å². The summed E-state index contributed by atoms with van der Waals surface area (Å²) in [6.07, 6.45) is -5.53. The molecule has 0 aliphatic rings. The van der Waals surface area contributed by atoms with Crippen LogP contribution < -0.4 is 4.74 Å². The minimum atomic E-state index is -4.45. The molecule has 0 fully saturated rings. The number of aryl methyl sites for hydroxylation is 2. The van der Waals surface area contributed by atoms with Crippen molar-refractivity contribution in [1.29, 1.82) is 0 Å². The molecule has 0 radical (unpaired) electrons. The summed E-state index contributed by atoms with van der Waals surface area (Å²) in [4.78, 5) is 16.2. The van der Waals surface area contributed by atoms with Crippen LogP contribution in [0.25, 0.3) is 11.3 Å². The SMILES string of the molecule is CCc1nn(CC)c(-c2ccc(C(C)(O)CCC(F)(F)F)cc2OC(F)F)c1Cl.O=C=O. The van der Waals surface area contributed by atoms with E-state index in [0.29, 0.717) is 24.4 Å². The zero-order chi connectivity index (χ0) is 24.7. The molecule has 0 spiro atoms. The Labute approximate surface area is 185 Å². The summed E-state index contributed by atoms with van der Waals surface area (Å²) in [5.74, 6) is -0.302. The number of benzene rings is 1. The zero-order valence-electron chi connectivity index (χ0n) is 17.5. The highest BCUT2D eigenvalue weighted by atomic mass is 35.5. The summed E-state index contributed by atoms with van der Waals surface area (Å²) in [6, 6.07) is 3.88. The lowest BCUT2D eigenvalue weighted by atomic mass is 9.89. The average Bonchev–Trinajstić information content (AvgIpc) is 3.01. The minimum Gasteiger partial charge on any atom is -0.434 e. The number of carbonyl (C=O) groups excluding carboxylic acids is 2. The van der Waals surface area contributed by atoms with Crippen molar-refractivity contribution in [3.63, 3.8) is 0 Å². The van der Waals surface area contributed by atoms with Crippen molar-refractivity contribution in [1.82, 2.24) is 9.78 Å². The molecule has 0 bridgehead atoms. The Kier molecular flexibility index (Phi) is 9.81. The number of hydrogen-bond donors (Lipinski definition) is 1. The lowest BCUT2D eigenvalue weighted by Gasteiger charge is -2.26. The first-order valence-electron chi connectivity index (χ1n) is 9.44. The maximum Gasteiger partial charge on any atom is 0.389 e. The molecule has 0 saturated heterocycles. The van der Waals surface area contributed by atoms with Gasteiger partial charge in [0.2, 0.25) is 0 Å². The van der Waals surface area contributed by atoms with Gasteiger partial charge in [-0.15, -0.1) is 0 Å². The molecule has 0 saturated carbocycles. The molecule has 1 atom stereocenters. The number of rotatable bonds is 8. The number of nitrogens with zero attached hydrogens (tertiary/aromatic N) is 2. The molecule has 178 valence electrons. The van der Waals surface area contributed by atoms with Gasteiger partial charge < -0.3 is 9.84 Å². The zero-order valence-corrected chi connectivity index (χ0v) is 18.2. The smallest absolute Gasteiger partial charge is 0.389 e. The van der Waals surface area contributed by atoms with E-state index in [1.54, 1.807) is 6.92 Å². The molecule has 6 nitrogen and oxygen atoms in total. The van der Waals surface area contributed by atoms with Crippen molar-refractivity contribution in [3.05, 3.63) is 34.5 Å². The Morgan fingerprint density at radius 3 is 2.28 bits per heavy atom. The van der Waals surface area contributed by atoms with Gasteiger partial charge in [-0.1, -0.05) is 24.6 Å². The van der Waals surface area contributed by atoms with Gasteiger partial charge in [0.1, 0.15) is 5.75 Å². The molecule has 2 aromatic rings. The molecule has 1 N–H and O–H groups in total. The van der Waals surface area contributed by atoms with E-state index in [9.17, 15) is 27.1 Å². The first-order valence-corrected chi connectivity index (χ1v) is 9.82. The van der Waals surface area contributed by atoms with Crippen LogP contribution in [0.3, 0.4) is 0 Å². The standard InChI is InChI=1S/C19H22ClF5N2O2.CO2/c1-4-13-15(20)16(27(5-2)26-13)12-7-6-11(10-14(12)29-17(21)22)18(3,28)8-9-19(23,24)25;2-1-3/h6-7,10,17,28H,4-5,8-9H2,1-3H3;. The Balaban J connectivity index is 0.00000161. The van der Waals surface area contributed by atoms with Crippen molar-refractivity contribution in [3.8, 4) is 17.0 Å². The Morgan fingerprint density at radius 1 is 1.22 bits per heavy atom. The van der Waals surface area contributed by atoms with Gasteiger partial charge in [0.25, 0.3) is 0 Å². The molecule has 0 aliphatic heterocycles. The van der Waals surface area contributed by atoms with Gasteiger partial charge in [-0.3, -0.25) is 4.68 Å². The fourth-order valence-corrected chi connectivity index (χ4v) is 3.35. The summed E-state index contributed by atoms with van der Waals surface area (Å²) in [7, 11) is 0. The van der Waals surface area contributed by atoms with E-state index in [4.69, 9.17) is 21.2 Å². The quantitative estimate of drug-likeness (QED) is 0.510. The van der Waals surface area contributed by atoms with Crippen LogP contribution >= 0.6 is 11.6 Å². The first kappa shape index (κ1) is 27.5. The Hall–Kier alpha value is -2.49. The van der Waals surface area contributed by atoms with Crippen LogP contribution in [0, 0.1) is 0 Å². The van der Waals surface area contributed by atoms with Crippen molar-refractivity contribution in [2.45, 2.75) is 65.0 Å². The fourth-order valence-electron chi connectivity index (χ4n) is 2.98. The molecule has 0 amide bonds. The number of aliphatic hydroxyl groups is 1. The second-order valence-electron chi connectivity index (χ2n) is 6.84. The van der Waals surface area contributed by atoms with Crippen LogP contribution in [0.4, 0.5) is 22.0 Å². The number of halogens is 6. The minimum absolute atomic E-state index is 0.0237. The van der Waals surface area contributed by atoms with Crippen LogP contribution in [0.15, 0.2) is 18.2 Å². The first-order chi connectivity index (χ1) is 14.8. The predicted octanol–water partition coefficient (Wildman–Crippen LogP) is 5.35. The number of aromatic nitrogens is 2. The van der Waals surface area contributed by atoms with Gasteiger partial charge in [-0.2, -0.15) is 36.6 Å². The number of alkyl halides is 5. The highest BCUT2D eigenvalue weighted by molar-refractivity contribution is 6.33. The van der Waals surface area contributed by atoms with Gasteiger partial charge in [0, 0.05) is 18.5 Å². The van der Waals surface area contributed by atoms with E-state index in [1.165, 1.54) is 23.7 Å². The summed E-state index contributed by atoms with van der Waals surface area (Å²) in [5, 5.41) is 15.1. The van der Waals surface area contributed by atoms with E-state index in [0.717, 1.165) is 6.07 Å². The lowest BCUT2D eigenvalue weighted by Crippen LogP contribution is -2.24. The van der Waals surface area contributed by atoms with E-state index in [2.05, 4.69) is 9.84 Å². The normalized spacial score (nSPS) is 13.2. The molecule has 1 unspecified atom stereocenters. The van der Waals surface area contributed by atoms with E-state index < -0.39 is 31.2 Å². The summed E-state index contributed by atoms with van der Waals surface area (Å²) >= 11 is 6.38. The van der Waals surface area contributed by atoms with E-state index in [1.807, 2.05) is 6.92 Å². The van der Waals surface area contributed by atoms with Gasteiger partial charge in [0.05, 0.1) is 22.0 Å². The van der Waals surface area contributed by atoms with Gasteiger partial charge >= 0.3 is 18.9 Å². The third-order valence-electron chi connectivity index (χ3n) is 4.57. The van der Waals surface area contributed by atoms with Gasteiger partial charge in [0.15, 0.2) is 0 Å². The molecule has 1 aromatic carbocycles. The predicted molar refractivity (Wildman–Crippen MR) is 104 cm³/mol. The van der Waals surface area contributed by atoms with Crippen molar-refractivity contribution < 1.29 is 41.4 Å². The molecular formula is C20H22ClF5N2O4. The monoisotopic (exact) mass is 484 g/mol. The second-order valence-corrected chi connectivity index (χ2v) is 7.22. The third kappa shape index (κ3) is 7.29. The van der Waals surface area contributed by atoms with E-state index in [-0.39, 0.29) is 28.1 Å². The maximum atomic E-state index is 13.0. The van der Waals surface area contributed by atoms with Crippen molar-refractivity contribution >= 4 is 17.8 Å². The van der Waals surface area contributed by atoms with Crippen LogP contribution in [0.1, 0.15) is 44.9 Å². The summed E-state index contributed by atoms with van der Waals surface area (Å²) in [5.41, 5.74) is -0.719. The summed E-state index contributed by atoms with van der Waals surface area (Å²) < 4.78 is 69.8. The maximum absolute atomic E-state index is 13.0. The highest BCUT2D eigenvalue weighted by Crippen LogP contribution is 2.41. The van der Waals surface area contributed by atoms with Crippen LogP contribution in [-0.2, 0) is 28.2 Å². The Morgan fingerprint density at radius 2 is 1.81 bits per heavy atom. The van der Waals surface area contributed by atoms with Crippen LogP contribution in [0.2, 0.25) is 5.02 Å². The highest BCUT2D eigenvalue weighted by Gasteiger charge is 2.34. The number of hydrogen-bond acceptors (Lipinski definition) is 5. The molecular weight excluding hydrogens is 463 g/mol. The third-order valence-corrected chi connectivity index (χ3v) is 4.96. The molecule has 2 rings (SSSR count). The van der Waals surface area contributed by atoms with Crippen LogP contribution in [-0.4, -0.2) is 33.8 Å². The Bertz CT molecular complexity index is 939. The molecule has 12 heteroatoms. The largest absolute Gasteiger partial charge is 0.434 e. The molecule has 32 heavy (non-hydrogen) atoms. The van der Waals surface area contributed by atoms with E-state index >= 15 is 0 Å². The molecule has 1 aromatic heterocycles. The topological polar surface area (TPSA) is 81.4 Å². The summed E-state index contributed by atoms with van der Waals surface area (Å²) in [6.45, 7) is 2.07. The lowest BCUT2D eigenvalue weighted by molar-refractivity contribution is -0.191.